The number of halogens is 1. The van der Waals surface area contributed by atoms with Gasteiger partial charge in [0.25, 0.3) is 5.56 Å². The summed E-state index contributed by atoms with van der Waals surface area (Å²) in [5.74, 6) is -0.959. The van der Waals surface area contributed by atoms with E-state index in [2.05, 4.69) is 9.97 Å². The van der Waals surface area contributed by atoms with Gasteiger partial charge < -0.3 is 10.1 Å². The van der Waals surface area contributed by atoms with Crippen LogP contribution in [0.3, 0.4) is 0 Å². The Hall–Kier alpha value is -1.53. The Morgan fingerprint density at radius 3 is 2.94 bits per heavy atom. The smallest absolute Gasteiger partial charge is 0.316 e. The summed E-state index contributed by atoms with van der Waals surface area (Å²) in [5, 5.41) is 9.24. The molecular formula is C11H9ClN2O3S. The lowest BCUT2D eigenvalue weighted by Crippen LogP contribution is -2.15. The van der Waals surface area contributed by atoms with Gasteiger partial charge in [-0.15, -0.1) is 0 Å². The molecule has 1 atom stereocenters. The third-order valence-corrected chi connectivity index (χ3v) is 3.49. The van der Waals surface area contributed by atoms with Crippen molar-refractivity contribution in [2.75, 3.05) is 0 Å². The van der Waals surface area contributed by atoms with Crippen LogP contribution in [0.1, 0.15) is 6.92 Å². The molecule has 1 aromatic heterocycles. The summed E-state index contributed by atoms with van der Waals surface area (Å²) >= 11 is 6.78. The van der Waals surface area contributed by atoms with Gasteiger partial charge in [-0.2, -0.15) is 0 Å². The van der Waals surface area contributed by atoms with Crippen LogP contribution in [0.15, 0.2) is 28.2 Å². The van der Waals surface area contributed by atoms with E-state index in [0.29, 0.717) is 15.9 Å². The predicted octanol–water partition coefficient (Wildman–Crippen LogP) is 2.14. The fourth-order valence-corrected chi connectivity index (χ4v) is 2.27. The van der Waals surface area contributed by atoms with E-state index < -0.39 is 11.2 Å². The van der Waals surface area contributed by atoms with Crippen LogP contribution in [-0.2, 0) is 4.79 Å². The summed E-state index contributed by atoms with van der Waals surface area (Å²) in [4.78, 5) is 29.2. The molecule has 0 aliphatic carbocycles. The fraction of sp³-hybridized carbons (Fsp3) is 0.182. The number of hydrogen-bond donors (Lipinski definition) is 2. The van der Waals surface area contributed by atoms with Gasteiger partial charge in [0.05, 0.1) is 10.9 Å². The highest BCUT2D eigenvalue weighted by Gasteiger charge is 2.14. The predicted molar refractivity (Wildman–Crippen MR) is 70.3 cm³/mol. The molecule has 2 N–H and O–H groups in total. The van der Waals surface area contributed by atoms with Gasteiger partial charge in [-0.1, -0.05) is 23.4 Å². The molecule has 1 unspecified atom stereocenters. The summed E-state index contributed by atoms with van der Waals surface area (Å²) in [5.41, 5.74) is 0.158. The van der Waals surface area contributed by atoms with E-state index in [1.54, 1.807) is 12.1 Å². The summed E-state index contributed by atoms with van der Waals surface area (Å²) in [6, 6.07) is 4.78. The Morgan fingerprint density at radius 1 is 1.56 bits per heavy atom. The molecule has 0 amide bonds. The van der Waals surface area contributed by atoms with Gasteiger partial charge in [-0.3, -0.25) is 9.59 Å². The van der Waals surface area contributed by atoms with Crippen molar-refractivity contribution in [3.05, 3.63) is 33.6 Å². The third-order valence-electron chi connectivity index (χ3n) is 2.28. The first-order valence-corrected chi connectivity index (χ1v) is 6.32. The first-order chi connectivity index (χ1) is 8.47. The SMILES string of the molecule is CC(Sc1nc2ccc(Cl)cc2c(=O)[nH]1)C(=O)O. The van der Waals surface area contributed by atoms with Crippen LogP contribution in [0, 0.1) is 0 Å². The van der Waals surface area contributed by atoms with Crippen LogP contribution in [0.4, 0.5) is 0 Å². The van der Waals surface area contributed by atoms with Crippen LogP contribution in [-0.4, -0.2) is 26.3 Å². The number of H-pyrrole nitrogens is 1. The summed E-state index contributed by atoms with van der Waals surface area (Å²) in [6.07, 6.45) is 0. The second-order valence-electron chi connectivity index (χ2n) is 3.63. The van der Waals surface area contributed by atoms with Crippen LogP contribution < -0.4 is 5.56 Å². The lowest BCUT2D eigenvalue weighted by atomic mass is 10.2. The Labute approximate surface area is 111 Å². The molecule has 1 heterocycles. The zero-order chi connectivity index (χ0) is 13.3. The topological polar surface area (TPSA) is 83.0 Å². The summed E-state index contributed by atoms with van der Waals surface area (Å²) in [7, 11) is 0. The quantitative estimate of drug-likeness (QED) is 0.666. The molecule has 0 saturated heterocycles. The number of rotatable bonds is 3. The number of carboxylic acid groups (broad SMARTS) is 1. The second-order valence-corrected chi connectivity index (χ2v) is 5.40. The maximum atomic E-state index is 11.8. The zero-order valence-corrected chi connectivity index (χ0v) is 10.9. The molecule has 0 spiro atoms. The fourth-order valence-electron chi connectivity index (χ4n) is 1.36. The average Bonchev–Trinajstić information content (AvgIpc) is 2.30. The molecule has 94 valence electrons. The Kier molecular flexibility index (Phi) is 3.58. The van der Waals surface area contributed by atoms with Crippen molar-refractivity contribution in [1.29, 1.82) is 0 Å². The first-order valence-electron chi connectivity index (χ1n) is 5.06. The molecule has 2 rings (SSSR count). The number of hydrogen-bond acceptors (Lipinski definition) is 4. The van der Waals surface area contributed by atoms with E-state index in [9.17, 15) is 9.59 Å². The van der Waals surface area contributed by atoms with Gasteiger partial charge >= 0.3 is 5.97 Å². The normalized spacial score (nSPS) is 12.6. The van der Waals surface area contributed by atoms with Gasteiger partial charge in [-0.25, -0.2) is 4.98 Å². The first kappa shape index (κ1) is 12.9. The molecule has 7 heteroatoms. The Balaban J connectivity index is 2.46. The van der Waals surface area contributed by atoms with Crippen molar-refractivity contribution >= 4 is 40.2 Å². The standard InChI is InChI=1S/C11H9ClN2O3S/c1-5(10(16)17)18-11-13-8-3-2-6(12)4-7(8)9(15)14-11/h2-5H,1H3,(H,16,17)(H,13,14,15). The van der Waals surface area contributed by atoms with Gasteiger partial charge in [0.15, 0.2) is 5.16 Å². The van der Waals surface area contributed by atoms with E-state index >= 15 is 0 Å². The van der Waals surface area contributed by atoms with E-state index in [1.807, 2.05) is 0 Å². The lowest BCUT2D eigenvalue weighted by Gasteiger charge is -2.05. The number of aromatic amines is 1. The molecule has 5 nitrogen and oxygen atoms in total. The van der Waals surface area contributed by atoms with E-state index in [1.165, 1.54) is 13.0 Å². The maximum absolute atomic E-state index is 11.8. The van der Waals surface area contributed by atoms with Gasteiger partial charge in [0, 0.05) is 5.02 Å². The summed E-state index contributed by atoms with van der Waals surface area (Å²) < 4.78 is 0. The third kappa shape index (κ3) is 2.65. The van der Waals surface area contributed by atoms with Crippen LogP contribution >= 0.6 is 23.4 Å². The molecule has 0 aliphatic heterocycles. The number of aliphatic carboxylic acids is 1. The van der Waals surface area contributed by atoms with Crippen molar-refractivity contribution in [3.8, 4) is 0 Å². The van der Waals surface area contributed by atoms with Crippen molar-refractivity contribution in [1.82, 2.24) is 9.97 Å². The molecule has 0 fully saturated rings. The van der Waals surface area contributed by atoms with E-state index in [4.69, 9.17) is 16.7 Å². The van der Waals surface area contributed by atoms with Crippen LogP contribution in [0.5, 0.6) is 0 Å². The lowest BCUT2D eigenvalue weighted by molar-refractivity contribution is -0.136. The van der Waals surface area contributed by atoms with Crippen molar-refractivity contribution in [3.63, 3.8) is 0 Å². The van der Waals surface area contributed by atoms with Crippen LogP contribution in [0.25, 0.3) is 10.9 Å². The minimum atomic E-state index is -0.959. The largest absolute Gasteiger partial charge is 0.480 e. The van der Waals surface area contributed by atoms with Crippen LogP contribution in [0.2, 0.25) is 5.02 Å². The highest BCUT2D eigenvalue weighted by Crippen LogP contribution is 2.21. The number of carboxylic acids is 1. The maximum Gasteiger partial charge on any atom is 0.316 e. The number of aromatic nitrogens is 2. The number of benzene rings is 1. The molecule has 18 heavy (non-hydrogen) atoms. The molecule has 0 radical (unpaired) electrons. The monoisotopic (exact) mass is 284 g/mol. The number of nitrogens with zero attached hydrogens (tertiary/aromatic N) is 1. The van der Waals surface area contributed by atoms with Crippen molar-refractivity contribution < 1.29 is 9.90 Å². The summed E-state index contributed by atoms with van der Waals surface area (Å²) in [6.45, 7) is 1.53. The number of fused-ring (bicyclic) bond motifs is 1. The zero-order valence-electron chi connectivity index (χ0n) is 9.31. The molecule has 0 saturated carbocycles. The molecule has 0 bridgehead atoms. The molecule has 0 aliphatic rings. The van der Waals surface area contributed by atoms with Crippen molar-refractivity contribution in [2.24, 2.45) is 0 Å². The van der Waals surface area contributed by atoms with Crippen molar-refractivity contribution in [2.45, 2.75) is 17.3 Å². The second kappa shape index (κ2) is 4.99. The van der Waals surface area contributed by atoms with Gasteiger partial charge in [-0.05, 0) is 25.1 Å². The number of nitrogens with one attached hydrogen (secondary N) is 1. The molecular weight excluding hydrogens is 276 g/mol. The molecule has 1 aromatic carbocycles. The average molecular weight is 285 g/mol. The van der Waals surface area contributed by atoms with Gasteiger partial charge in [0.1, 0.15) is 5.25 Å². The highest BCUT2D eigenvalue weighted by atomic mass is 35.5. The Morgan fingerprint density at radius 2 is 2.28 bits per heavy atom. The highest BCUT2D eigenvalue weighted by molar-refractivity contribution is 8.00. The number of carbonyl (C=O) groups is 1. The molecule has 2 aromatic rings. The Bertz CT molecular complexity index is 671. The number of thioether (sulfide) groups is 1. The van der Waals surface area contributed by atoms with E-state index in [0.717, 1.165) is 11.8 Å². The minimum Gasteiger partial charge on any atom is -0.480 e. The minimum absolute atomic E-state index is 0.282. The van der Waals surface area contributed by atoms with E-state index in [-0.39, 0.29) is 10.7 Å². The van der Waals surface area contributed by atoms with Gasteiger partial charge in [0.2, 0.25) is 0 Å².